The Balaban J connectivity index is 1.41. The molecule has 1 heterocycles. The van der Waals surface area contributed by atoms with Crippen LogP contribution in [0.1, 0.15) is 23.1 Å². The number of para-hydroxylation sites is 1. The standard InChI is InChI=1S/C27H24ClNO3S2/c1-18-13-19(2)15-23(14-18)31-11-6-12-32-24-10-9-21(28)16-20(24)17-25-26(30)29(27(33)34-25)22-7-4-3-5-8-22/h3-5,7-10,13-17H,6,11-12H2,1-2H3/b25-17-. The van der Waals surface area contributed by atoms with Gasteiger partial charge >= 0.3 is 0 Å². The summed E-state index contributed by atoms with van der Waals surface area (Å²) < 4.78 is 12.4. The fourth-order valence-corrected chi connectivity index (χ4v) is 5.09. The van der Waals surface area contributed by atoms with E-state index in [9.17, 15) is 4.79 Å². The highest BCUT2D eigenvalue weighted by atomic mass is 35.5. The molecule has 4 rings (SSSR count). The molecule has 4 nitrogen and oxygen atoms in total. The molecule has 1 aliphatic rings. The van der Waals surface area contributed by atoms with Crippen molar-refractivity contribution in [1.82, 2.24) is 0 Å². The number of aryl methyl sites for hydroxylation is 2. The number of amides is 1. The molecule has 7 heteroatoms. The Kier molecular flexibility index (Phi) is 7.93. The van der Waals surface area contributed by atoms with E-state index in [1.165, 1.54) is 22.9 Å². The summed E-state index contributed by atoms with van der Waals surface area (Å²) >= 11 is 13.0. The smallest absolute Gasteiger partial charge is 0.270 e. The van der Waals surface area contributed by atoms with Gasteiger partial charge in [-0.2, -0.15) is 0 Å². The number of thiocarbonyl (C=S) groups is 1. The molecule has 0 unspecified atom stereocenters. The molecule has 0 aromatic heterocycles. The first-order valence-electron chi connectivity index (χ1n) is 10.9. The third kappa shape index (κ3) is 6.00. The molecule has 0 radical (unpaired) electrons. The minimum absolute atomic E-state index is 0.158. The van der Waals surface area contributed by atoms with E-state index in [1.54, 1.807) is 23.1 Å². The van der Waals surface area contributed by atoms with Gasteiger partial charge < -0.3 is 9.47 Å². The number of hydrogen-bond acceptors (Lipinski definition) is 5. The molecule has 174 valence electrons. The average molecular weight is 510 g/mol. The van der Waals surface area contributed by atoms with Crippen molar-refractivity contribution in [3.63, 3.8) is 0 Å². The van der Waals surface area contributed by atoms with Gasteiger partial charge in [0, 0.05) is 17.0 Å². The number of anilines is 1. The Morgan fingerprint density at radius 1 is 0.971 bits per heavy atom. The van der Waals surface area contributed by atoms with Crippen LogP contribution < -0.4 is 14.4 Å². The first-order valence-corrected chi connectivity index (χ1v) is 12.5. The second-order valence-electron chi connectivity index (χ2n) is 7.91. The maximum atomic E-state index is 13.1. The molecule has 1 fully saturated rings. The van der Waals surface area contributed by atoms with E-state index in [1.807, 2.05) is 48.5 Å². The number of ether oxygens (including phenoxy) is 2. The summed E-state index contributed by atoms with van der Waals surface area (Å²) in [5.74, 6) is 1.36. The largest absolute Gasteiger partial charge is 0.493 e. The fourth-order valence-electron chi connectivity index (χ4n) is 3.62. The first-order chi connectivity index (χ1) is 16.4. The van der Waals surface area contributed by atoms with E-state index < -0.39 is 0 Å². The summed E-state index contributed by atoms with van der Waals surface area (Å²) in [6.07, 6.45) is 2.50. The Morgan fingerprint density at radius 2 is 1.68 bits per heavy atom. The van der Waals surface area contributed by atoms with Gasteiger partial charge in [-0.05, 0) is 73.5 Å². The van der Waals surface area contributed by atoms with Crippen molar-refractivity contribution in [2.45, 2.75) is 20.3 Å². The van der Waals surface area contributed by atoms with Gasteiger partial charge in [-0.3, -0.25) is 9.69 Å². The van der Waals surface area contributed by atoms with Crippen molar-refractivity contribution in [2.75, 3.05) is 18.1 Å². The minimum atomic E-state index is -0.158. The Labute approximate surface area is 214 Å². The summed E-state index contributed by atoms with van der Waals surface area (Å²) in [6.45, 7) is 5.12. The quantitative estimate of drug-likeness (QED) is 0.182. The van der Waals surface area contributed by atoms with Gasteiger partial charge in [0.25, 0.3) is 5.91 Å². The van der Waals surface area contributed by atoms with Crippen LogP contribution in [0.5, 0.6) is 11.5 Å². The molecule has 0 saturated carbocycles. The predicted octanol–water partition coefficient (Wildman–Crippen LogP) is 7.21. The number of hydrogen-bond donors (Lipinski definition) is 0. The number of carbonyl (C=O) groups excluding carboxylic acids is 1. The third-order valence-corrected chi connectivity index (χ3v) is 6.61. The number of benzene rings is 3. The molecule has 0 N–H and O–H groups in total. The summed E-state index contributed by atoms with van der Waals surface area (Å²) in [6, 6.07) is 20.9. The lowest BCUT2D eigenvalue weighted by Gasteiger charge is -2.14. The fraction of sp³-hybridized carbons (Fsp3) is 0.185. The molecule has 0 aliphatic carbocycles. The summed E-state index contributed by atoms with van der Waals surface area (Å²) in [5.41, 5.74) is 3.83. The van der Waals surface area contributed by atoms with Crippen LogP contribution in [-0.4, -0.2) is 23.4 Å². The lowest BCUT2D eigenvalue weighted by Crippen LogP contribution is -2.27. The third-order valence-electron chi connectivity index (χ3n) is 5.08. The van der Waals surface area contributed by atoms with Gasteiger partial charge in [-0.1, -0.05) is 59.8 Å². The SMILES string of the molecule is Cc1cc(C)cc(OCCCOc2ccc(Cl)cc2/C=C2\SC(=S)N(c3ccccc3)C2=O)c1. The summed E-state index contributed by atoms with van der Waals surface area (Å²) in [5, 5.41) is 0.565. The van der Waals surface area contributed by atoms with Crippen molar-refractivity contribution in [2.24, 2.45) is 0 Å². The van der Waals surface area contributed by atoms with E-state index in [2.05, 4.69) is 19.9 Å². The van der Waals surface area contributed by atoms with Crippen LogP contribution in [0.25, 0.3) is 6.08 Å². The van der Waals surface area contributed by atoms with Gasteiger partial charge in [-0.25, -0.2) is 0 Å². The molecule has 1 saturated heterocycles. The maximum Gasteiger partial charge on any atom is 0.270 e. The Morgan fingerprint density at radius 3 is 2.41 bits per heavy atom. The lowest BCUT2D eigenvalue weighted by molar-refractivity contribution is -0.113. The van der Waals surface area contributed by atoms with Gasteiger partial charge in [-0.15, -0.1) is 0 Å². The van der Waals surface area contributed by atoms with Gasteiger partial charge in [0.2, 0.25) is 0 Å². The highest BCUT2D eigenvalue weighted by Gasteiger charge is 2.33. The molecule has 1 amide bonds. The van der Waals surface area contributed by atoms with Gasteiger partial charge in [0.15, 0.2) is 4.32 Å². The molecule has 0 spiro atoms. The van der Waals surface area contributed by atoms with Crippen molar-refractivity contribution < 1.29 is 14.3 Å². The first kappa shape index (κ1) is 24.3. The molecular weight excluding hydrogens is 486 g/mol. The van der Waals surface area contributed by atoms with Gasteiger partial charge in [0.05, 0.1) is 23.8 Å². The lowest BCUT2D eigenvalue weighted by atomic mass is 10.1. The molecular formula is C27H24ClNO3S2. The molecule has 1 aliphatic heterocycles. The second kappa shape index (κ2) is 11.1. The number of carbonyl (C=O) groups is 1. The van der Waals surface area contributed by atoms with Crippen molar-refractivity contribution in [1.29, 1.82) is 0 Å². The van der Waals surface area contributed by atoms with E-state index in [0.717, 1.165) is 17.0 Å². The van der Waals surface area contributed by atoms with E-state index >= 15 is 0 Å². The molecule has 3 aromatic carbocycles. The van der Waals surface area contributed by atoms with Crippen LogP contribution in [-0.2, 0) is 4.79 Å². The molecule has 0 atom stereocenters. The number of nitrogens with zero attached hydrogens (tertiary/aromatic N) is 1. The molecule has 34 heavy (non-hydrogen) atoms. The van der Waals surface area contributed by atoms with Crippen LogP contribution >= 0.6 is 35.6 Å². The molecule has 0 bridgehead atoms. The molecule has 3 aromatic rings. The zero-order valence-corrected chi connectivity index (χ0v) is 21.3. The van der Waals surface area contributed by atoms with Gasteiger partial charge in [0.1, 0.15) is 11.5 Å². The zero-order valence-electron chi connectivity index (χ0n) is 18.9. The Hall–Kier alpha value is -2.80. The Bertz CT molecular complexity index is 1220. The normalized spacial score (nSPS) is 14.7. The maximum absolute atomic E-state index is 13.1. The van der Waals surface area contributed by atoms with Crippen molar-refractivity contribution in [3.8, 4) is 11.5 Å². The van der Waals surface area contributed by atoms with E-state index in [0.29, 0.717) is 39.6 Å². The minimum Gasteiger partial charge on any atom is -0.493 e. The highest BCUT2D eigenvalue weighted by Crippen LogP contribution is 2.37. The van der Waals surface area contributed by atoms with Crippen LogP contribution in [0.2, 0.25) is 5.02 Å². The monoisotopic (exact) mass is 509 g/mol. The van der Waals surface area contributed by atoms with Crippen LogP contribution in [0.15, 0.2) is 71.6 Å². The zero-order chi connectivity index (χ0) is 24.1. The van der Waals surface area contributed by atoms with E-state index in [-0.39, 0.29) is 5.91 Å². The number of thioether (sulfide) groups is 1. The number of halogens is 1. The summed E-state index contributed by atoms with van der Waals surface area (Å²) in [4.78, 5) is 15.1. The topological polar surface area (TPSA) is 38.8 Å². The summed E-state index contributed by atoms with van der Waals surface area (Å²) in [7, 11) is 0. The predicted molar refractivity (Wildman–Crippen MR) is 145 cm³/mol. The highest BCUT2D eigenvalue weighted by molar-refractivity contribution is 8.27. The van der Waals surface area contributed by atoms with Crippen molar-refractivity contribution in [3.05, 3.63) is 93.3 Å². The van der Waals surface area contributed by atoms with Crippen molar-refractivity contribution >= 4 is 57.6 Å². The average Bonchev–Trinajstić information content (AvgIpc) is 3.07. The number of rotatable bonds is 8. The van der Waals surface area contributed by atoms with Crippen LogP contribution in [0, 0.1) is 13.8 Å². The second-order valence-corrected chi connectivity index (χ2v) is 10.0. The van der Waals surface area contributed by atoms with Crippen LogP contribution in [0.4, 0.5) is 5.69 Å². The van der Waals surface area contributed by atoms with Crippen LogP contribution in [0.3, 0.4) is 0 Å². The van der Waals surface area contributed by atoms with E-state index in [4.69, 9.17) is 33.3 Å².